The van der Waals surface area contributed by atoms with Crippen LogP contribution in [0.25, 0.3) is 10.8 Å². The molecular formula is C21H18N3O6-. The molecule has 30 heavy (non-hydrogen) atoms. The molecule has 1 amide bonds. The van der Waals surface area contributed by atoms with Crippen LogP contribution in [-0.2, 0) is 4.79 Å². The second-order valence-electron chi connectivity index (χ2n) is 6.11. The number of hydrogen-bond acceptors (Lipinski definition) is 7. The number of nitro benzene ring substituents is 1. The highest BCUT2D eigenvalue weighted by Crippen LogP contribution is 2.31. The van der Waals surface area contributed by atoms with Gasteiger partial charge in [-0.1, -0.05) is 42.1 Å². The fraction of sp³-hybridized carbons (Fsp3) is 0.143. The van der Waals surface area contributed by atoms with Gasteiger partial charge in [0.2, 0.25) is 0 Å². The van der Waals surface area contributed by atoms with Crippen LogP contribution in [0.2, 0.25) is 0 Å². The summed E-state index contributed by atoms with van der Waals surface area (Å²) in [4.78, 5) is 22.4. The predicted octanol–water partition coefficient (Wildman–Crippen LogP) is 2.75. The molecular weight excluding hydrogens is 390 g/mol. The maximum absolute atomic E-state index is 12.3. The van der Waals surface area contributed by atoms with Crippen molar-refractivity contribution in [3.63, 3.8) is 0 Å². The van der Waals surface area contributed by atoms with Gasteiger partial charge in [0, 0.05) is 11.5 Å². The van der Waals surface area contributed by atoms with E-state index in [-0.39, 0.29) is 30.2 Å². The summed E-state index contributed by atoms with van der Waals surface area (Å²) in [5, 5.41) is 28.8. The molecule has 0 saturated heterocycles. The van der Waals surface area contributed by atoms with Gasteiger partial charge < -0.3 is 14.6 Å². The number of hydrazone groups is 1. The van der Waals surface area contributed by atoms with Crippen molar-refractivity contribution in [3.05, 3.63) is 70.3 Å². The van der Waals surface area contributed by atoms with Gasteiger partial charge in [-0.25, -0.2) is 5.43 Å². The standard InChI is InChI=1S/C21H19N3O6/c1-2-29-19-11-16(24(27)28)10-15(21(19)26)12-22-23-20(25)13-30-18-9-5-7-14-6-3-4-8-17(14)18/h3-12,26H,2,13H2,1H3,(H,23,25)/p-1/b22-12-. The molecule has 0 unspecified atom stereocenters. The van der Waals surface area contributed by atoms with Crippen LogP contribution in [-0.4, -0.2) is 30.3 Å². The topological polar surface area (TPSA) is 126 Å². The second-order valence-corrected chi connectivity index (χ2v) is 6.11. The Morgan fingerprint density at radius 2 is 1.90 bits per heavy atom. The highest BCUT2D eigenvalue weighted by atomic mass is 16.6. The molecule has 0 aromatic heterocycles. The van der Waals surface area contributed by atoms with Gasteiger partial charge in [0.25, 0.3) is 11.6 Å². The van der Waals surface area contributed by atoms with Gasteiger partial charge in [0.05, 0.1) is 23.8 Å². The Morgan fingerprint density at radius 3 is 2.67 bits per heavy atom. The predicted molar refractivity (Wildman–Crippen MR) is 109 cm³/mol. The number of carbonyl (C=O) groups excluding carboxylic acids is 1. The number of amides is 1. The summed E-state index contributed by atoms with van der Waals surface area (Å²) in [7, 11) is 0. The Labute approximate surface area is 171 Å². The van der Waals surface area contributed by atoms with Crippen LogP contribution in [0.1, 0.15) is 12.5 Å². The van der Waals surface area contributed by atoms with E-state index in [0.717, 1.165) is 29.1 Å². The number of rotatable bonds is 8. The number of fused-ring (bicyclic) bond motifs is 1. The van der Waals surface area contributed by atoms with Crippen molar-refractivity contribution in [3.8, 4) is 17.2 Å². The summed E-state index contributed by atoms with van der Waals surface area (Å²) in [5.74, 6) is -0.720. The molecule has 3 aromatic rings. The molecule has 0 atom stereocenters. The molecule has 0 spiro atoms. The fourth-order valence-corrected chi connectivity index (χ4v) is 2.74. The molecule has 3 aromatic carbocycles. The van der Waals surface area contributed by atoms with Crippen LogP contribution in [0.5, 0.6) is 17.2 Å². The molecule has 0 saturated carbocycles. The molecule has 0 radical (unpaired) electrons. The molecule has 0 aliphatic heterocycles. The van der Waals surface area contributed by atoms with Gasteiger partial charge >= 0.3 is 0 Å². The second kappa shape index (κ2) is 9.37. The van der Waals surface area contributed by atoms with E-state index < -0.39 is 16.6 Å². The van der Waals surface area contributed by atoms with E-state index in [0.29, 0.717) is 5.75 Å². The van der Waals surface area contributed by atoms with Crippen molar-refractivity contribution in [2.75, 3.05) is 13.2 Å². The SMILES string of the molecule is CCOc1cc([N+](=O)[O-])cc(/C=N\NC(=O)COc2cccc3ccccc23)c1[O-]. The quantitative estimate of drug-likeness (QED) is 0.347. The number of hydrogen-bond donors (Lipinski definition) is 1. The number of benzene rings is 3. The van der Waals surface area contributed by atoms with Gasteiger partial charge in [-0.15, -0.1) is 0 Å². The van der Waals surface area contributed by atoms with Crippen LogP contribution in [0.4, 0.5) is 5.69 Å². The first-order chi connectivity index (χ1) is 14.5. The third-order valence-corrected chi connectivity index (χ3v) is 4.08. The summed E-state index contributed by atoms with van der Waals surface area (Å²) in [6.07, 6.45) is 1.04. The van der Waals surface area contributed by atoms with Crippen molar-refractivity contribution < 1.29 is 24.3 Å². The van der Waals surface area contributed by atoms with Crippen molar-refractivity contribution in [2.24, 2.45) is 5.10 Å². The molecule has 0 aliphatic carbocycles. The van der Waals surface area contributed by atoms with Crippen molar-refractivity contribution in [2.45, 2.75) is 6.92 Å². The molecule has 1 N–H and O–H groups in total. The summed E-state index contributed by atoms with van der Waals surface area (Å²) >= 11 is 0. The fourth-order valence-electron chi connectivity index (χ4n) is 2.74. The van der Waals surface area contributed by atoms with Gasteiger partial charge in [-0.2, -0.15) is 5.10 Å². The summed E-state index contributed by atoms with van der Waals surface area (Å²) in [5.41, 5.74) is 1.84. The van der Waals surface area contributed by atoms with Crippen LogP contribution in [0.3, 0.4) is 0 Å². The summed E-state index contributed by atoms with van der Waals surface area (Å²) < 4.78 is 10.7. The molecule has 3 rings (SSSR count). The first kappa shape index (κ1) is 20.6. The minimum Gasteiger partial charge on any atom is -0.870 e. The van der Waals surface area contributed by atoms with E-state index in [9.17, 15) is 20.0 Å². The van der Waals surface area contributed by atoms with E-state index in [1.54, 1.807) is 13.0 Å². The van der Waals surface area contributed by atoms with E-state index in [2.05, 4.69) is 10.5 Å². The number of ether oxygens (including phenoxy) is 2. The monoisotopic (exact) mass is 408 g/mol. The third kappa shape index (κ3) is 4.82. The normalized spacial score (nSPS) is 10.8. The Bertz CT molecular complexity index is 1110. The van der Waals surface area contributed by atoms with Crippen LogP contribution < -0.4 is 20.0 Å². The number of nitrogens with zero attached hydrogens (tertiary/aromatic N) is 2. The van der Waals surface area contributed by atoms with E-state index in [1.165, 1.54) is 0 Å². The van der Waals surface area contributed by atoms with Gasteiger partial charge in [0.15, 0.2) is 6.61 Å². The highest BCUT2D eigenvalue weighted by molar-refractivity contribution is 5.89. The zero-order chi connectivity index (χ0) is 21.5. The Kier molecular flexibility index (Phi) is 6.43. The first-order valence-corrected chi connectivity index (χ1v) is 9.04. The van der Waals surface area contributed by atoms with E-state index in [4.69, 9.17) is 9.47 Å². The minimum atomic E-state index is -0.643. The van der Waals surface area contributed by atoms with Crippen molar-refractivity contribution in [1.29, 1.82) is 0 Å². The lowest BCUT2D eigenvalue weighted by Crippen LogP contribution is -2.24. The van der Waals surface area contributed by atoms with Crippen LogP contribution in [0, 0.1) is 10.1 Å². The zero-order valence-electron chi connectivity index (χ0n) is 16.0. The maximum atomic E-state index is 12.3. The van der Waals surface area contributed by atoms with Crippen molar-refractivity contribution in [1.82, 2.24) is 5.43 Å². The number of non-ortho nitro benzene ring substituents is 1. The molecule has 0 aliphatic rings. The molecule has 9 nitrogen and oxygen atoms in total. The molecule has 9 heteroatoms. The molecule has 154 valence electrons. The summed E-state index contributed by atoms with van der Waals surface area (Å²) in [6, 6.07) is 15.2. The first-order valence-electron chi connectivity index (χ1n) is 9.04. The summed E-state index contributed by atoms with van der Waals surface area (Å²) in [6.45, 7) is 1.53. The average Bonchev–Trinajstić information content (AvgIpc) is 2.74. The van der Waals surface area contributed by atoms with Crippen LogP contribution in [0.15, 0.2) is 59.7 Å². The Morgan fingerprint density at radius 1 is 1.13 bits per heavy atom. The maximum Gasteiger partial charge on any atom is 0.277 e. The lowest BCUT2D eigenvalue weighted by Gasteiger charge is -2.16. The zero-order valence-corrected chi connectivity index (χ0v) is 16.0. The number of nitro groups is 1. The Balaban J connectivity index is 1.66. The minimum absolute atomic E-state index is 0.0806. The van der Waals surface area contributed by atoms with Gasteiger partial charge in [-0.05, 0) is 23.9 Å². The van der Waals surface area contributed by atoms with Gasteiger partial charge in [0.1, 0.15) is 11.5 Å². The highest BCUT2D eigenvalue weighted by Gasteiger charge is 2.12. The molecule has 0 heterocycles. The molecule has 0 bridgehead atoms. The smallest absolute Gasteiger partial charge is 0.277 e. The van der Waals surface area contributed by atoms with Gasteiger partial charge in [-0.3, -0.25) is 14.9 Å². The lowest BCUT2D eigenvalue weighted by molar-refractivity contribution is -0.385. The van der Waals surface area contributed by atoms with Crippen LogP contribution >= 0.6 is 0 Å². The van der Waals surface area contributed by atoms with Crippen molar-refractivity contribution >= 4 is 28.6 Å². The third-order valence-electron chi connectivity index (χ3n) is 4.08. The number of nitrogens with one attached hydrogen (secondary N) is 1. The van der Waals surface area contributed by atoms with E-state index in [1.807, 2.05) is 36.4 Å². The number of carbonyl (C=O) groups is 1. The van der Waals surface area contributed by atoms with E-state index >= 15 is 0 Å². The largest absolute Gasteiger partial charge is 0.870 e. The average molecular weight is 408 g/mol. The lowest BCUT2D eigenvalue weighted by atomic mass is 10.1. The Hall–Kier alpha value is -4.14. The molecule has 0 fully saturated rings.